The molecule has 0 heterocycles. The zero-order valence-corrected chi connectivity index (χ0v) is 16.1. The standard InChI is InChI=1S/C24H30O3/c1-2-3-4-5-6-7-8-12-19-26-23-17-15-22(16-18-23)24(25)27-20-21-13-10-9-11-14-21/h2,9-11,13-18H,1,3-8,12,19-20H2. The van der Waals surface area contributed by atoms with Crippen LogP contribution in [-0.2, 0) is 11.3 Å². The zero-order valence-electron chi connectivity index (χ0n) is 16.1. The SMILES string of the molecule is C=CCCCCCCCCOc1ccc(C(=O)OCc2ccccc2)cc1. The van der Waals surface area contributed by atoms with Crippen molar-refractivity contribution < 1.29 is 14.3 Å². The number of allylic oxidation sites excluding steroid dienone is 1. The number of carbonyl (C=O) groups excluding carboxylic acids is 1. The number of hydrogen-bond donors (Lipinski definition) is 0. The van der Waals surface area contributed by atoms with Gasteiger partial charge in [-0.3, -0.25) is 0 Å². The molecule has 0 unspecified atom stereocenters. The van der Waals surface area contributed by atoms with E-state index in [4.69, 9.17) is 9.47 Å². The van der Waals surface area contributed by atoms with E-state index in [0.29, 0.717) is 12.2 Å². The summed E-state index contributed by atoms with van der Waals surface area (Å²) in [5.41, 5.74) is 1.52. The van der Waals surface area contributed by atoms with Crippen molar-refractivity contribution in [1.29, 1.82) is 0 Å². The van der Waals surface area contributed by atoms with E-state index < -0.39 is 0 Å². The average molecular weight is 367 g/mol. The van der Waals surface area contributed by atoms with Gasteiger partial charge in [-0.2, -0.15) is 0 Å². The maximum Gasteiger partial charge on any atom is 0.338 e. The molecule has 2 rings (SSSR count). The highest BCUT2D eigenvalue weighted by molar-refractivity contribution is 5.89. The van der Waals surface area contributed by atoms with Crippen LogP contribution in [-0.4, -0.2) is 12.6 Å². The first-order valence-corrected chi connectivity index (χ1v) is 9.84. The molecule has 0 amide bonds. The van der Waals surface area contributed by atoms with Gasteiger partial charge < -0.3 is 9.47 Å². The number of hydrogen-bond acceptors (Lipinski definition) is 3. The minimum atomic E-state index is -0.318. The Labute approximate surface area is 163 Å². The fourth-order valence-corrected chi connectivity index (χ4v) is 2.78. The molecule has 0 bridgehead atoms. The predicted octanol–water partition coefficient (Wildman–Crippen LogP) is 6.34. The van der Waals surface area contributed by atoms with E-state index in [1.165, 1.54) is 32.1 Å². The normalized spacial score (nSPS) is 10.4. The van der Waals surface area contributed by atoms with Crippen LogP contribution in [0.25, 0.3) is 0 Å². The summed E-state index contributed by atoms with van der Waals surface area (Å²) in [6, 6.07) is 16.8. The summed E-state index contributed by atoms with van der Waals surface area (Å²) in [5, 5.41) is 0. The molecule has 0 aromatic heterocycles. The Kier molecular flexibility index (Phi) is 9.80. The summed E-state index contributed by atoms with van der Waals surface area (Å²) in [6.45, 7) is 4.74. The molecule has 0 saturated carbocycles. The topological polar surface area (TPSA) is 35.5 Å². The number of ether oxygens (including phenoxy) is 2. The van der Waals surface area contributed by atoms with Crippen molar-refractivity contribution in [3.63, 3.8) is 0 Å². The molecule has 0 N–H and O–H groups in total. The van der Waals surface area contributed by atoms with E-state index in [1.807, 2.05) is 48.5 Å². The third-order valence-corrected chi connectivity index (χ3v) is 4.37. The van der Waals surface area contributed by atoms with Gasteiger partial charge in [-0.25, -0.2) is 4.79 Å². The summed E-state index contributed by atoms with van der Waals surface area (Å²) >= 11 is 0. The van der Waals surface area contributed by atoms with Crippen molar-refractivity contribution in [3.8, 4) is 5.75 Å². The minimum absolute atomic E-state index is 0.283. The highest BCUT2D eigenvalue weighted by Gasteiger charge is 2.07. The second kappa shape index (κ2) is 12.7. The van der Waals surface area contributed by atoms with Gasteiger partial charge in [0.1, 0.15) is 12.4 Å². The number of carbonyl (C=O) groups is 1. The van der Waals surface area contributed by atoms with Gasteiger partial charge >= 0.3 is 5.97 Å². The van der Waals surface area contributed by atoms with Gasteiger partial charge in [0.25, 0.3) is 0 Å². The van der Waals surface area contributed by atoms with Crippen LogP contribution in [0.4, 0.5) is 0 Å². The molecule has 0 radical (unpaired) electrons. The molecule has 0 aliphatic heterocycles. The summed E-state index contributed by atoms with van der Waals surface area (Å²) in [6.07, 6.45) is 10.4. The lowest BCUT2D eigenvalue weighted by Crippen LogP contribution is -2.05. The zero-order chi connectivity index (χ0) is 19.2. The van der Waals surface area contributed by atoms with E-state index in [2.05, 4.69) is 6.58 Å². The van der Waals surface area contributed by atoms with Crippen molar-refractivity contribution in [2.24, 2.45) is 0 Å². The molecule has 3 heteroatoms. The van der Waals surface area contributed by atoms with Crippen LogP contribution in [0.1, 0.15) is 60.9 Å². The highest BCUT2D eigenvalue weighted by Crippen LogP contribution is 2.15. The van der Waals surface area contributed by atoms with Crippen LogP contribution in [0.15, 0.2) is 67.3 Å². The van der Waals surface area contributed by atoms with Crippen molar-refractivity contribution >= 4 is 5.97 Å². The third kappa shape index (κ3) is 8.59. The molecule has 0 aliphatic rings. The summed E-state index contributed by atoms with van der Waals surface area (Å²) in [7, 11) is 0. The Hall–Kier alpha value is -2.55. The van der Waals surface area contributed by atoms with Crippen molar-refractivity contribution in [2.45, 2.75) is 51.6 Å². The summed E-state index contributed by atoms with van der Waals surface area (Å²) < 4.78 is 11.1. The summed E-state index contributed by atoms with van der Waals surface area (Å²) in [5.74, 6) is 0.474. The Morgan fingerprint density at radius 3 is 2.22 bits per heavy atom. The first kappa shape index (κ1) is 20.8. The van der Waals surface area contributed by atoms with E-state index in [-0.39, 0.29) is 12.6 Å². The van der Waals surface area contributed by atoms with Crippen LogP contribution in [0, 0.1) is 0 Å². The molecule has 2 aromatic carbocycles. The molecular formula is C24H30O3. The van der Waals surface area contributed by atoms with E-state index in [1.54, 1.807) is 12.1 Å². The smallest absolute Gasteiger partial charge is 0.338 e. The van der Waals surface area contributed by atoms with Crippen molar-refractivity contribution in [3.05, 3.63) is 78.4 Å². The van der Waals surface area contributed by atoms with Gasteiger partial charge in [0.15, 0.2) is 0 Å². The number of unbranched alkanes of at least 4 members (excludes halogenated alkanes) is 6. The third-order valence-electron chi connectivity index (χ3n) is 4.37. The van der Waals surface area contributed by atoms with Crippen molar-refractivity contribution in [2.75, 3.05) is 6.61 Å². The van der Waals surface area contributed by atoms with Crippen LogP contribution in [0.2, 0.25) is 0 Å². The molecule has 2 aromatic rings. The fraction of sp³-hybridized carbons (Fsp3) is 0.375. The van der Waals surface area contributed by atoms with Gasteiger partial charge in [-0.05, 0) is 49.1 Å². The van der Waals surface area contributed by atoms with E-state index in [0.717, 1.165) is 24.2 Å². The minimum Gasteiger partial charge on any atom is -0.494 e. The second-order valence-electron chi connectivity index (χ2n) is 6.63. The van der Waals surface area contributed by atoms with Gasteiger partial charge in [0, 0.05) is 0 Å². The molecule has 3 nitrogen and oxygen atoms in total. The molecule has 0 spiro atoms. The Morgan fingerprint density at radius 2 is 1.52 bits per heavy atom. The lowest BCUT2D eigenvalue weighted by atomic mass is 10.1. The molecule has 0 fully saturated rings. The number of benzene rings is 2. The fourth-order valence-electron chi connectivity index (χ4n) is 2.78. The molecular weight excluding hydrogens is 336 g/mol. The maximum atomic E-state index is 12.1. The quantitative estimate of drug-likeness (QED) is 0.236. The Morgan fingerprint density at radius 1 is 0.852 bits per heavy atom. The van der Waals surface area contributed by atoms with Crippen LogP contribution in [0.3, 0.4) is 0 Å². The lowest BCUT2D eigenvalue weighted by molar-refractivity contribution is 0.0472. The van der Waals surface area contributed by atoms with Crippen LogP contribution < -0.4 is 4.74 Å². The molecule has 144 valence electrons. The van der Waals surface area contributed by atoms with Crippen LogP contribution in [0.5, 0.6) is 5.75 Å². The first-order valence-electron chi connectivity index (χ1n) is 9.84. The Bertz CT molecular complexity index is 662. The number of esters is 1. The first-order chi connectivity index (χ1) is 13.3. The highest BCUT2D eigenvalue weighted by atomic mass is 16.5. The molecule has 0 aliphatic carbocycles. The average Bonchev–Trinajstić information content (AvgIpc) is 2.72. The van der Waals surface area contributed by atoms with Gasteiger partial charge in [0.2, 0.25) is 0 Å². The van der Waals surface area contributed by atoms with E-state index >= 15 is 0 Å². The van der Waals surface area contributed by atoms with Gasteiger partial charge in [-0.15, -0.1) is 6.58 Å². The maximum absolute atomic E-state index is 12.1. The second-order valence-corrected chi connectivity index (χ2v) is 6.63. The van der Waals surface area contributed by atoms with Gasteiger partial charge in [0.05, 0.1) is 12.2 Å². The van der Waals surface area contributed by atoms with Crippen molar-refractivity contribution in [1.82, 2.24) is 0 Å². The largest absolute Gasteiger partial charge is 0.494 e. The summed E-state index contributed by atoms with van der Waals surface area (Å²) in [4.78, 5) is 12.1. The van der Waals surface area contributed by atoms with Gasteiger partial charge in [-0.1, -0.05) is 62.1 Å². The molecule has 0 atom stereocenters. The van der Waals surface area contributed by atoms with E-state index in [9.17, 15) is 4.79 Å². The monoisotopic (exact) mass is 366 g/mol. The Balaban J connectivity index is 1.60. The molecule has 0 saturated heterocycles. The lowest BCUT2D eigenvalue weighted by Gasteiger charge is -2.08. The molecule has 27 heavy (non-hydrogen) atoms. The van der Waals surface area contributed by atoms with Crippen LogP contribution >= 0.6 is 0 Å². The predicted molar refractivity (Wildman–Crippen MR) is 110 cm³/mol. The number of rotatable bonds is 13.